The molecule has 0 aromatic heterocycles. The Morgan fingerprint density at radius 2 is 1.38 bits per heavy atom. The molecule has 0 saturated carbocycles. The fraction of sp³-hybridized carbons (Fsp3) is 0.100. The summed E-state index contributed by atoms with van der Waals surface area (Å²) >= 11 is 4.33. The van der Waals surface area contributed by atoms with E-state index in [0.717, 1.165) is 24.9 Å². The zero-order valence-electron chi connectivity index (χ0n) is 12.9. The molecule has 0 saturated heterocycles. The summed E-state index contributed by atoms with van der Waals surface area (Å²) in [7, 11) is 0. The molecular formula is C20H16I2O2. The predicted molar refractivity (Wildman–Crippen MR) is 114 cm³/mol. The Morgan fingerprint density at radius 3 is 2.00 bits per heavy atom. The van der Waals surface area contributed by atoms with Crippen molar-refractivity contribution in [1.29, 1.82) is 0 Å². The quantitative estimate of drug-likeness (QED) is 0.415. The van der Waals surface area contributed by atoms with E-state index in [2.05, 4.69) is 69.4 Å². The third kappa shape index (κ3) is 4.63. The average molecular weight is 542 g/mol. The van der Waals surface area contributed by atoms with Crippen molar-refractivity contribution in [2.75, 3.05) is 0 Å². The molecule has 3 aromatic rings. The van der Waals surface area contributed by atoms with Gasteiger partial charge in [0.15, 0.2) is 0 Å². The lowest BCUT2D eigenvalue weighted by atomic mass is 10.0. The van der Waals surface area contributed by atoms with Crippen LogP contribution in [0.15, 0.2) is 66.7 Å². The molecule has 24 heavy (non-hydrogen) atoms. The maximum Gasteiger partial charge on any atom is 0.142 e. The number of benzene rings is 3. The largest absolute Gasteiger partial charge is 0.506 e. The molecule has 0 radical (unpaired) electrons. The van der Waals surface area contributed by atoms with E-state index in [-0.39, 0.29) is 0 Å². The average Bonchev–Trinajstić information content (AvgIpc) is 2.60. The van der Waals surface area contributed by atoms with Gasteiger partial charge in [-0.15, -0.1) is 0 Å². The minimum atomic E-state index is 0.365. The van der Waals surface area contributed by atoms with E-state index in [4.69, 9.17) is 4.74 Å². The molecule has 0 atom stereocenters. The Kier molecular flexibility index (Phi) is 5.99. The van der Waals surface area contributed by atoms with Crippen LogP contribution in [0.4, 0.5) is 0 Å². The highest BCUT2D eigenvalue weighted by molar-refractivity contribution is 14.1. The van der Waals surface area contributed by atoms with Gasteiger partial charge in [-0.2, -0.15) is 0 Å². The van der Waals surface area contributed by atoms with Crippen molar-refractivity contribution < 1.29 is 9.84 Å². The second-order valence-electron chi connectivity index (χ2n) is 5.50. The van der Waals surface area contributed by atoms with Crippen LogP contribution in [0.5, 0.6) is 11.5 Å². The number of phenolic OH excluding ortho intramolecular Hbond substituents is 1. The van der Waals surface area contributed by atoms with Crippen LogP contribution < -0.4 is 4.74 Å². The van der Waals surface area contributed by atoms with Crippen LogP contribution in [0, 0.1) is 7.14 Å². The summed E-state index contributed by atoms with van der Waals surface area (Å²) in [6.07, 6.45) is 0.839. The minimum absolute atomic E-state index is 0.365. The van der Waals surface area contributed by atoms with Crippen molar-refractivity contribution in [3.05, 3.63) is 90.6 Å². The van der Waals surface area contributed by atoms with Gasteiger partial charge in [-0.25, -0.2) is 0 Å². The zero-order chi connectivity index (χ0) is 16.9. The molecule has 0 bridgehead atoms. The lowest BCUT2D eigenvalue weighted by molar-refractivity contribution is 0.306. The van der Waals surface area contributed by atoms with Gasteiger partial charge in [-0.05, 0) is 92.6 Å². The summed E-state index contributed by atoms with van der Waals surface area (Å²) in [6, 6.07) is 22.4. The third-order valence-electron chi connectivity index (χ3n) is 3.66. The number of halogens is 2. The molecule has 3 rings (SSSR count). The molecule has 2 nitrogen and oxygen atoms in total. The highest BCUT2D eigenvalue weighted by atomic mass is 127. The maximum atomic E-state index is 9.85. The van der Waals surface area contributed by atoms with Gasteiger partial charge < -0.3 is 9.84 Å². The van der Waals surface area contributed by atoms with E-state index in [0.29, 0.717) is 12.4 Å². The Morgan fingerprint density at radius 1 is 0.750 bits per heavy atom. The molecule has 0 fully saturated rings. The molecule has 0 spiro atoms. The van der Waals surface area contributed by atoms with E-state index in [1.165, 1.54) is 11.1 Å². The maximum absolute atomic E-state index is 9.85. The molecule has 0 aliphatic heterocycles. The number of rotatable bonds is 5. The Hall–Kier alpha value is -1.28. The van der Waals surface area contributed by atoms with Gasteiger partial charge in [0.05, 0.1) is 7.14 Å². The van der Waals surface area contributed by atoms with E-state index >= 15 is 0 Å². The molecule has 0 unspecified atom stereocenters. The molecule has 0 amide bonds. The van der Waals surface area contributed by atoms with Crippen LogP contribution in [0.2, 0.25) is 0 Å². The molecular weight excluding hydrogens is 526 g/mol. The summed E-state index contributed by atoms with van der Waals surface area (Å²) < 4.78 is 7.59. The monoisotopic (exact) mass is 542 g/mol. The van der Waals surface area contributed by atoms with Gasteiger partial charge in [0, 0.05) is 0 Å². The van der Waals surface area contributed by atoms with Crippen molar-refractivity contribution in [3.8, 4) is 11.5 Å². The first-order valence-corrected chi connectivity index (χ1v) is 9.70. The second kappa shape index (κ2) is 8.20. The first kappa shape index (κ1) is 17.5. The van der Waals surface area contributed by atoms with Crippen LogP contribution in [0.1, 0.15) is 16.7 Å². The van der Waals surface area contributed by atoms with Gasteiger partial charge in [-0.3, -0.25) is 0 Å². The van der Waals surface area contributed by atoms with Gasteiger partial charge in [0.25, 0.3) is 0 Å². The fourth-order valence-electron chi connectivity index (χ4n) is 2.40. The van der Waals surface area contributed by atoms with Crippen molar-refractivity contribution >= 4 is 45.2 Å². The van der Waals surface area contributed by atoms with Crippen molar-refractivity contribution in [2.45, 2.75) is 13.0 Å². The number of phenols is 1. The molecule has 0 aliphatic rings. The number of aromatic hydroxyl groups is 1. The van der Waals surface area contributed by atoms with Crippen LogP contribution >= 0.6 is 45.2 Å². The van der Waals surface area contributed by atoms with E-state index in [9.17, 15) is 5.11 Å². The molecule has 0 heterocycles. The smallest absolute Gasteiger partial charge is 0.142 e. The highest BCUT2D eigenvalue weighted by Crippen LogP contribution is 2.28. The Labute approximate surface area is 169 Å². The van der Waals surface area contributed by atoms with E-state index < -0.39 is 0 Å². The number of hydrogen-bond acceptors (Lipinski definition) is 2. The fourth-order valence-corrected chi connectivity index (χ4v) is 4.30. The number of hydrogen-bond donors (Lipinski definition) is 1. The summed E-state index contributed by atoms with van der Waals surface area (Å²) in [4.78, 5) is 0. The van der Waals surface area contributed by atoms with Crippen LogP contribution in [0.25, 0.3) is 0 Å². The minimum Gasteiger partial charge on any atom is -0.506 e. The second-order valence-corrected chi connectivity index (χ2v) is 7.83. The summed E-state index contributed by atoms with van der Waals surface area (Å²) in [5.74, 6) is 1.24. The van der Waals surface area contributed by atoms with E-state index in [1.807, 2.05) is 42.5 Å². The van der Waals surface area contributed by atoms with Gasteiger partial charge in [0.2, 0.25) is 0 Å². The lowest BCUT2D eigenvalue weighted by Gasteiger charge is -2.09. The van der Waals surface area contributed by atoms with Crippen molar-refractivity contribution in [3.63, 3.8) is 0 Å². The summed E-state index contributed by atoms with van der Waals surface area (Å²) in [5.41, 5.74) is 3.58. The topological polar surface area (TPSA) is 29.5 Å². The first-order valence-electron chi connectivity index (χ1n) is 7.54. The highest BCUT2D eigenvalue weighted by Gasteiger charge is 2.06. The molecule has 122 valence electrons. The van der Waals surface area contributed by atoms with Crippen LogP contribution in [-0.4, -0.2) is 5.11 Å². The predicted octanol–water partition coefficient (Wildman–Crippen LogP) is 5.77. The lowest BCUT2D eigenvalue weighted by Crippen LogP contribution is -1.96. The third-order valence-corrected chi connectivity index (χ3v) is 5.30. The first-order chi connectivity index (χ1) is 11.6. The Balaban J connectivity index is 1.64. The zero-order valence-corrected chi connectivity index (χ0v) is 17.2. The van der Waals surface area contributed by atoms with Crippen molar-refractivity contribution in [1.82, 2.24) is 0 Å². The van der Waals surface area contributed by atoms with E-state index in [1.54, 1.807) is 0 Å². The molecule has 1 N–H and O–H groups in total. The molecule has 4 heteroatoms. The normalized spacial score (nSPS) is 10.6. The van der Waals surface area contributed by atoms with Crippen molar-refractivity contribution in [2.24, 2.45) is 0 Å². The molecule has 0 aliphatic carbocycles. The summed E-state index contributed by atoms with van der Waals surface area (Å²) in [6.45, 7) is 0.578. The van der Waals surface area contributed by atoms with Gasteiger partial charge >= 0.3 is 0 Å². The van der Waals surface area contributed by atoms with Crippen LogP contribution in [-0.2, 0) is 13.0 Å². The standard InChI is InChI=1S/C20H16I2O2/c21-18-11-16(12-19(22)20(18)23)10-14-6-8-17(9-7-14)24-13-15-4-2-1-3-5-15/h1-9,11-12,23H,10,13H2. The van der Waals surface area contributed by atoms with Gasteiger partial charge in [0.1, 0.15) is 18.1 Å². The van der Waals surface area contributed by atoms with Crippen LogP contribution in [0.3, 0.4) is 0 Å². The summed E-state index contributed by atoms with van der Waals surface area (Å²) in [5, 5.41) is 9.85. The van der Waals surface area contributed by atoms with Gasteiger partial charge in [-0.1, -0.05) is 42.5 Å². The molecule has 3 aromatic carbocycles. The SMILES string of the molecule is Oc1c(I)cc(Cc2ccc(OCc3ccccc3)cc2)cc1I. The Bertz CT molecular complexity index is 792. The number of ether oxygens (including phenoxy) is 1.